The fourth-order valence-corrected chi connectivity index (χ4v) is 3.56. The number of carbonyl (C=O) groups is 3. The smallest absolute Gasteiger partial charge is 0.243 e. The molecule has 0 aliphatic carbocycles. The van der Waals surface area contributed by atoms with Crippen molar-refractivity contribution in [2.24, 2.45) is 0 Å². The summed E-state index contributed by atoms with van der Waals surface area (Å²) < 4.78 is 1.07. The fourth-order valence-electron chi connectivity index (χ4n) is 2.50. The van der Waals surface area contributed by atoms with E-state index in [0.717, 1.165) is 20.1 Å². The highest BCUT2D eigenvalue weighted by molar-refractivity contribution is 7.18. The van der Waals surface area contributed by atoms with Gasteiger partial charge in [0.2, 0.25) is 17.7 Å². The minimum Gasteiger partial charge on any atom is -0.335 e. The highest BCUT2D eigenvalue weighted by Crippen LogP contribution is 2.29. The summed E-state index contributed by atoms with van der Waals surface area (Å²) in [5, 5.41) is 0.834. The molecular weight excluding hydrogens is 314 g/mol. The van der Waals surface area contributed by atoms with Crippen molar-refractivity contribution in [2.75, 3.05) is 13.6 Å². The molecule has 0 spiro atoms. The number of hydrogen-bond donors (Lipinski definition) is 0. The number of likely N-dealkylation sites (tertiary alicyclic amines) is 1. The summed E-state index contributed by atoms with van der Waals surface area (Å²) in [6.45, 7) is 1.70. The number of para-hydroxylation sites is 1. The second kappa shape index (κ2) is 6.08. The van der Waals surface area contributed by atoms with Crippen molar-refractivity contribution < 1.29 is 14.4 Å². The van der Waals surface area contributed by atoms with Crippen LogP contribution in [0.15, 0.2) is 24.3 Å². The molecule has 1 aliphatic rings. The van der Waals surface area contributed by atoms with Crippen molar-refractivity contribution in [3.63, 3.8) is 0 Å². The van der Waals surface area contributed by atoms with Crippen molar-refractivity contribution in [3.05, 3.63) is 29.3 Å². The maximum absolute atomic E-state index is 12.4. The molecule has 1 atom stereocenters. The molecule has 0 unspecified atom stereocenters. The quantitative estimate of drug-likeness (QED) is 0.803. The Kier molecular flexibility index (Phi) is 4.12. The van der Waals surface area contributed by atoms with Crippen LogP contribution in [0.4, 0.5) is 0 Å². The number of amides is 3. The molecule has 0 saturated carbocycles. The molecular formula is C16H17N3O3S. The average molecular weight is 331 g/mol. The van der Waals surface area contributed by atoms with Crippen LogP contribution in [0.2, 0.25) is 0 Å². The van der Waals surface area contributed by atoms with Gasteiger partial charge in [-0.25, -0.2) is 4.98 Å². The Bertz CT molecular complexity index is 737. The maximum atomic E-state index is 12.4. The van der Waals surface area contributed by atoms with Crippen LogP contribution in [0.5, 0.6) is 0 Å². The zero-order valence-electron chi connectivity index (χ0n) is 13.0. The second-order valence-corrected chi connectivity index (χ2v) is 6.64. The number of likely N-dealkylation sites (N-methyl/N-ethyl adjacent to an activating group) is 1. The molecule has 0 radical (unpaired) electrons. The summed E-state index contributed by atoms with van der Waals surface area (Å²) >= 11 is 1.54. The van der Waals surface area contributed by atoms with Crippen LogP contribution in [0, 0.1) is 0 Å². The minimum absolute atomic E-state index is 0.191. The van der Waals surface area contributed by atoms with Gasteiger partial charge in [0.1, 0.15) is 11.6 Å². The molecule has 1 aromatic heterocycles. The third-order valence-electron chi connectivity index (χ3n) is 4.09. The van der Waals surface area contributed by atoms with E-state index in [9.17, 15) is 14.4 Å². The van der Waals surface area contributed by atoms with Crippen molar-refractivity contribution in [2.45, 2.75) is 25.8 Å². The Morgan fingerprint density at radius 1 is 1.30 bits per heavy atom. The molecule has 0 N–H and O–H groups in total. The Morgan fingerprint density at radius 2 is 1.96 bits per heavy atom. The Hall–Kier alpha value is -2.28. The average Bonchev–Trinajstić information content (AvgIpc) is 3.11. The van der Waals surface area contributed by atoms with Gasteiger partial charge in [0.15, 0.2) is 0 Å². The third kappa shape index (κ3) is 2.96. The predicted octanol–water partition coefficient (Wildman–Crippen LogP) is 1.96. The van der Waals surface area contributed by atoms with Crippen LogP contribution in [0.3, 0.4) is 0 Å². The predicted molar refractivity (Wildman–Crippen MR) is 86.8 cm³/mol. The van der Waals surface area contributed by atoms with Crippen LogP contribution < -0.4 is 0 Å². The van der Waals surface area contributed by atoms with Crippen LogP contribution >= 0.6 is 11.3 Å². The molecule has 3 rings (SSSR count). The lowest BCUT2D eigenvalue weighted by atomic mass is 10.3. The second-order valence-electron chi connectivity index (χ2n) is 5.57. The molecule has 120 valence electrons. The zero-order chi connectivity index (χ0) is 16.6. The Balaban J connectivity index is 1.73. The number of carbonyl (C=O) groups excluding carboxylic acids is 3. The molecule has 7 heteroatoms. The molecule has 1 fully saturated rings. The number of rotatable bonds is 4. The number of imide groups is 1. The number of benzene rings is 1. The summed E-state index contributed by atoms with van der Waals surface area (Å²) in [7, 11) is 1.67. The van der Waals surface area contributed by atoms with Crippen LogP contribution in [-0.2, 0) is 14.4 Å². The van der Waals surface area contributed by atoms with Gasteiger partial charge in [-0.1, -0.05) is 12.1 Å². The van der Waals surface area contributed by atoms with Crippen molar-refractivity contribution in [1.82, 2.24) is 14.8 Å². The first-order chi connectivity index (χ1) is 11.0. The highest BCUT2D eigenvalue weighted by Gasteiger charge is 2.32. The van der Waals surface area contributed by atoms with Gasteiger partial charge in [0.05, 0.1) is 16.3 Å². The van der Waals surface area contributed by atoms with Gasteiger partial charge < -0.3 is 4.90 Å². The summed E-state index contributed by atoms with van der Waals surface area (Å²) in [6.07, 6.45) is 0.395. The van der Waals surface area contributed by atoms with E-state index in [1.54, 1.807) is 18.4 Å². The molecule has 23 heavy (non-hydrogen) atoms. The van der Waals surface area contributed by atoms with Gasteiger partial charge >= 0.3 is 0 Å². The number of thiazole rings is 1. The van der Waals surface area contributed by atoms with Crippen LogP contribution in [0.1, 0.15) is 30.8 Å². The first-order valence-electron chi connectivity index (χ1n) is 7.41. The molecule has 3 amide bonds. The maximum Gasteiger partial charge on any atom is 0.243 e. The van der Waals surface area contributed by atoms with Crippen molar-refractivity contribution in [1.29, 1.82) is 0 Å². The summed E-state index contributed by atoms with van der Waals surface area (Å²) in [5.74, 6) is -0.811. The van der Waals surface area contributed by atoms with Crippen LogP contribution in [0.25, 0.3) is 10.2 Å². The standard InChI is InChI=1S/C16H17N3O3S/c1-10(16-17-11-5-3-4-6-12(11)23-16)18(2)15(22)9-19-13(20)7-8-14(19)21/h3-6,10H,7-9H2,1-2H3/t10-/m0/s1. The first kappa shape index (κ1) is 15.6. The van der Waals surface area contributed by atoms with E-state index in [2.05, 4.69) is 4.98 Å². The monoisotopic (exact) mass is 331 g/mol. The molecule has 1 saturated heterocycles. The van der Waals surface area contributed by atoms with E-state index in [1.165, 1.54) is 4.90 Å². The van der Waals surface area contributed by atoms with Gasteiger partial charge in [-0.05, 0) is 19.1 Å². The third-order valence-corrected chi connectivity index (χ3v) is 5.30. The fraction of sp³-hybridized carbons (Fsp3) is 0.375. The van der Waals surface area contributed by atoms with Gasteiger partial charge in [0.25, 0.3) is 0 Å². The van der Waals surface area contributed by atoms with Gasteiger partial charge in [-0.2, -0.15) is 0 Å². The number of aromatic nitrogens is 1. The molecule has 6 nitrogen and oxygen atoms in total. The number of nitrogens with zero attached hydrogens (tertiary/aromatic N) is 3. The topological polar surface area (TPSA) is 70.6 Å². The lowest BCUT2D eigenvalue weighted by Crippen LogP contribution is -2.41. The molecule has 1 aliphatic heterocycles. The normalized spacial score (nSPS) is 16.2. The summed E-state index contributed by atoms with van der Waals surface area (Å²) in [4.78, 5) is 42.8. The van der Waals surface area contributed by atoms with Gasteiger partial charge in [-0.3, -0.25) is 19.3 Å². The van der Waals surface area contributed by atoms with Gasteiger partial charge in [-0.15, -0.1) is 11.3 Å². The summed E-state index contributed by atoms with van der Waals surface area (Å²) in [6, 6.07) is 7.59. The molecule has 1 aromatic carbocycles. The van der Waals surface area contributed by atoms with E-state index >= 15 is 0 Å². The number of fused-ring (bicyclic) bond motifs is 1. The molecule has 2 heterocycles. The van der Waals surface area contributed by atoms with E-state index < -0.39 is 0 Å². The molecule has 0 bridgehead atoms. The van der Waals surface area contributed by atoms with Crippen LogP contribution in [-0.4, -0.2) is 46.1 Å². The first-order valence-corrected chi connectivity index (χ1v) is 8.23. The number of hydrogen-bond acceptors (Lipinski definition) is 5. The van der Waals surface area contributed by atoms with Gasteiger partial charge in [0, 0.05) is 19.9 Å². The van der Waals surface area contributed by atoms with E-state index in [4.69, 9.17) is 0 Å². The van der Waals surface area contributed by atoms with E-state index in [1.807, 2.05) is 31.2 Å². The van der Waals surface area contributed by atoms with Crippen molar-refractivity contribution in [3.8, 4) is 0 Å². The summed E-state index contributed by atoms with van der Waals surface area (Å²) in [5.41, 5.74) is 0.907. The highest BCUT2D eigenvalue weighted by atomic mass is 32.1. The van der Waals surface area contributed by atoms with E-state index in [0.29, 0.717) is 0 Å². The lowest BCUT2D eigenvalue weighted by Gasteiger charge is -2.25. The van der Waals surface area contributed by atoms with E-state index in [-0.39, 0.29) is 43.1 Å². The Labute approximate surface area is 137 Å². The SMILES string of the molecule is C[C@@H](c1nc2ccccc2s1)N(C)C(=O)CN1C(=O)CCC1=O. The Morgan fingerprint density at radius 3 is 2.61 bits per heavy atom. The zero-order valence-corrected chi connectivity index (χ0v) is 13.8. The largest absolute Gasteiger partial charge is 0.335 e. The lowest BCUT2D eigenvalue weighted by molar-refractivity contribution is -0.145. The van der Waals surface area contributed by atoms with Crippen molar-refractivity contribution >= 4 is 39.3 Å². The molecule has 2 aromatic rings. The minimum atomic E-state index is -0.274.